The highest BCUT2D eigenvalue weighted by Crippen LogP contribution is 2.41. The molecule has 3 fully saturated rings. The second-order valence-corrected chi connectivity index (χ2v) is 10.2. The normalized spacial score (nSPS) is 25.1. The van der Waals surface area contributed by atoms with E-state index in [2.05, 4.69) is 51.2 Å². The molecule has 5 heteroatoms. The lowest BCUT2D eigenvalue weighted by atomic mass is 9.85. The molecule has 3 saturated heterocycles. The van der Waals surface area contributed by atoms with Crippen LogP contribution in [0.4, 0.5) is 0 Å². The van der Waals surface area contributed by atoms with Gasteiger partial charge in [-0.05, 0) is 67.3 Å². The summed E-state index contributed by atoms with van der Waals surface area (Å²) in [5.74, 6) is 0.857. The maximum absolute atomic E-state index is 13.8. The van der Waals surface area contributed by atoms with E-state index in [9.17, 15) is 4.79 Å². The smallest absolute Gasteiger partial charge is 0.254 e. The minimum absolute atomic E-state index is 0.238. The zero-order valence-corrected chi connectivity index (χ0v) is 19.7. The molecule has 0 saturated carbocycles. The number of para-hydroxylation sites is 1. The molecule has 4 heterocycles. The van der Waals surface area contributed by atoms with Crippen molar-refractivity contribution in [3.05, 3.63) is 77.5 Å². The molecule has 2 bridgehead atoms. The molecule has 0 radical (unpaired) electrons. The first-order valence-corrected chi connectivity index (χ1v) is 12.8. The van der Waals surface area contributed by atoms with Crippen molar-refractivity contribution in [3.8, 4) is 0 Å². The van der Waals surface area contributed by atoms with Crippen LogP contribution in [0.15, 0.2) is 60.8 Å². The van der Waals surface area contributed by atoms with E-state index in [1.54, 1.807) is 0 Å². The molecule has 0 unspecified atom stereocenters. The van der Waals surface area contributed by atoms with E-state index in [1.165, 1.54) is 10.9 Å². The number of hydrogen-bond donors (Lipinski definition) is 0. The van der Waals surface area contributed by atoms with Crippen molar-refractivity contribution >= 4 is 16.8 Å². The van der Waals surface area contributed by atoms with E-state index in [4.69, 9.17) is 4.74 Å². The number of carbonyl (C=O) groups excluding carboxylic acids is 1. The van der Waals surface area contributed by atoms with Gasteiger partial charge in [0.1, 0.15) is 0 Å². The number of benzene rings is 2. The van der Waals surface area contributed by atoms with Crippen molar-refractivity contribution < 1.29 is 9.53 Å². The highest BCUT2D eigenvalue weighted by atomic mass is 16.5. The lowest BCUT2D eigenvalue weighted by Gasteiger charge is -2.39. The molecule has 3 aromatic rings. The fraction of sp³-hybridized carbons (Fsp3) is 0.448. The van der Waals surface area contributed by atoms with Crippen molar-refractivity contribution in [3.63, 3.8) is 0 Å². The number of carbonyl (C=O) groups is 1. The summed E-state index contributed by atoms with van der Waals surface area (Å²) in [7, 11) is 0. The van der Waals surface area contributed by atoms with Crippen LogP contribution in [0, 0.1) is 5.92 Å². The van der Waals surface area contributed by atoms with Crippen LogP contribution < -0.4 is 0 Å². The Morgan fingerprint density at radius 3 is 2.53 bits per heavy atom. The van der Waals surface area contributed by atoms with E-state index >= 15 is 0 Å². The van der Waals surface area contributed by atoms with E-state index in [-0.39, 0.29) is 5.91 Å². The summed E-state index contributed by atoms with van der Waals surface area (Å²) in [5.41, 5.74) is 4.42. The molecular weight excluding hydrogens is 422 g/mol. The molecule has 1 amide bonds. The topological polar surface area (TPSA) is 45.7 Å². The van der Waals surface area contributed by atoms with Crippen LogP contribution in [0.3, 0.4) is 0 Å². The third-order valence-corrected chi connectivity index (χ3v) is 7.98. The van der Waals surface area contributed by atoms with Gasteiger partial charge in [0.05, 0.1) is 18.7 Å². The van der Waals surface area contributed by atoms with Gasteiger partial charge in [-0.3, -0.25) is 14.7 Å². The lowest BCUT2D eigenvalue weighted by molar-refractivity contribution is 0.0337. The monoisotopic (exact) mass is 455 g/mol. The molecule has 176 valence electrons. The molecule has 2 atom stereocenters. The summed E-state index contributed by atoms with van der Waals surface area (Å²) >= 11 is 0. The predicted molar refractivity (Wildman–Crippen MR) is 134 cm³/mol. The molecule has 0 aliphatic carbocycles. The molecule has 34 heavy (non-hydrogen) atoms. The molecule has 3 aliphatic heterocycles. The maximum atomic E-state index is 13.8. The van der Waals surface area contributed by atoms with Crippen LogP contribution in [-0.2, 0) is 17.7 Å². The van der Waals surface area contributed by atoms with Gasteiger partial charge in [0.25, 0.3) is 5.91 Å². The predicted octanol–water partition coefficient (Wildman–Crippen LogP) is 4.69. The van der Waals surface area contributed by atoms with Crippen molar-refractivity contribution in [1.29, 1.82) is 0 Å². The zero-order chi connectivity index (χ0) is 22.9. The molecular formula is C29H33N3O2. The number of hydrogen-bond acceptors (Lipinski definition) is 4. The van der Waals surface area contributed by atoms with Crippen molar-refractivity contribution in [2.45, 2.75) is 50.7 Å². The first kappa shape index (κ1) is 21.8. The SMILES string of the molecule is O=C(c1ccccc1CN1CCOCC1)N1[C@H]2CC[C@H]1CC(Cc1cnc3ccccc3c1)C2. The molecule has 3 aliphatic rings. The van der Waals surface area contributed by atoms with E-state index < -0.39 is 0 Å². The minimum Gasteiger partial charge on any atom is -0.379 e. The Hall–Kier alpha value is -2.76. The van der Waals surface area contributed by atoms with Crippen LogP contribution in [-0.4, -0.2) is 59.1 Å². The number of rotatable bonds is 5. The molecule has 0 N–H and O–H groups in total. The number of ether oxygens (including phenoxy) is 1. The number of pyridine rings is 1. The molecule has 0 spiro atoms. The Morgan fingerprint density at radius 2 is 1.71 bits per heavy atom. The minimum atomic E-state index is 0.238. The van der Waals surface area contributed by atoms with E-state index in [0.29, 0.717) is 18.0 Å². The quantitative estimate of drug-likeness (QED) is 0.560. The standard InChI is InChI=1S/C29H33N3O2/c33-29(27-7-3-1-6-24(27)20-31-11-13-34-14-12-31)32-25-9-10-26(32)18-21(17-25)15-22-16-23-5-2-4-8-28(23)30-19-22/h1-8,16,19,21,25-26H,9-15,17-18,20H2/t25-,26-/m0/s1. The summed E-state index contributed by atoms with van der Waals surface area (Å²) < 4.78 is 5.50. The van der Waals surface area contributed by atoms with Gasteiger partial charge < -0.3 is 9.64 Å². The van der Waals surface area contributed by atoms with Gasteiger partial charge in [-0.1, -0.05) is 36.4 Å². The third kappa shape index (κ3) is 4.35. The number of piperidine rings is 1. The number of aromatic nitrogens is 1. The summed E-state index contributed by atoms with van der Waals surface area (Å²) in [6.07, 6.45) is 7.56. The number of fused-ring (bicyclic) bond motifs is 3. The first-order chi connectivity index (χ1) is 16.7. The van der Waals surface area contributed by atoms with Gasteiger partial charge in [0, 0.05) is 48.9 Å². The van der Waals surface area contributed by atoms with Crippen LogP contribution in [0.25, 0.3) is 10.9 Å². The van der Waals surface area contributed by atoms with E-state index in [0.717, 1.165) is 81.6 Å². The molecule has 5 nitrogen and oxygen atoms in total. The van der Waals surface area contributed by atoms with Gasteiger partial charge in [-0.2, -0.15) is 0 Å². The lowest BCUT2D eigenvalue weighted by Crippen LogP contribution is -2.47. The van der Waals surface area contributed by atoms with Gasteiger partial charge >= 0.3 is 0 Å². The van der Waals surface area contributed by atoms with Crippen LogP contribution in [0.2, 0.25) is 0 Å². The maximum Gasteiger partial charge on any atom is 0.254 e. The van der Waals surface area contributed by atoms with Crippen molar-refractivity contribution in [2.75, 3.05) is 26.3 Å². The summed E-state index contributed by atoms with van der Waals surface area (Å²) in [6, 6.07) is 19.6. The average Bonchev–Trinajstić information content (AvgIpc) is 3.14. The zero-order valence-electron chi connectivity index (χ0n) is 19.7. The Balaban J connectivity index is 1.16. The summed E-state index contributed by atoms with van der Waals surface area (Å²) in [5, 5.41) is 1.22. The molecule has 1 aromatic heterocycles. The largest absolute Gasteiger partial charge is 0.379 e. The first-order valence-electron chi connectivity index (χ1n) is 12.8. The van der Waals surface area contributed by atoms with Crippen molar-refractivity contribution in [1.82, 2.24) is 14.8 Å². The van der Waals surface area contributed by atoms with Crippen LogP contribution in [0.5, 0.6) is 0 Å². The molecule has 2 aromatic carbocycles. The Kier molecular flexibility index (Phi) is 6.06. The number of amides is 1. The number of morpholine rings is 1. The summed E-state index contributed by atoms with van der Waals surface area (Å²) in [6.45, 7) is 4.25. The fourth-order valence-electron chi connectivity index (χ4n) is 6.36. The molecule has 6 rings (SSSR count). The Bertz CT molecular complexity index is 1160. The second-order valence-electron chi connectivity index (χ2n) is 10.2. The Labute approximate surface area is 201 Å². The van der Waals surface area contributed by atoms with Gasteiger partial charge in [0.15, 0.2) is 0 Å². The van der Waals surface area contributed by atoms with Gasteiger partial charge in [-0.15, -0.1) is 0 Å². The fourth-order valence-corrected chi connectivity index (χ4v) is 6.36. The van der Waals surface area contributed by atoms with Gasteiger partial charge in [0.2, 0.25) is 0 Å². The van der Waals surface area contributed by atoms with E-state index in [1.807, 2.05) is 24.4 Å². The third-order valence-electron chi connectivity index (χ3n) is 7.98. The number of nitrogens with zero attached hydrogens (tertiary/aromatic N) is 3. The van der Waals surface area contributed by atoms with Crippen LogP contribution >= 0.6 is 0 Å². The highest BCUT2D eigenvalue weighted by Gasteiger charge is 2.43. The van der Waals surface area contributed by atoms with Gasteiger partial charge in [-0.25, -0.2) is 0 Å². The second kappa shape index (κ2) is 9.47. The van der Waals surface area contributed by atoms with Crippen molar-refractivity contribution in [2.24, 2.45) is 5.92 Å². The summed E-state index contributed by atoms with van der Waals surface area (Å²) in [4.78, 5) is 23.1. The highest BCUT2D eigenvalue weighted by molar-refractivity contribution is 5.96. The average molecular weight is 456 g/mol. The van der Waals surface area contributed by atoms with Crippen LogP contribution in [0.1, 0.15) is 47.2 Å². The Morgan fingerprint density at radius 1 is 0.971 bits per heavy atom.